The first kappa shape index (κ1) is 25.7. The Labute approximate surface area is 223 Å². The predicted molar refractivity (Wildman–Crippen MR) is 144 cm³/mol. The van der Waals surface area contributed by atoms with Gasteiger partial charge in [-0.1, -0.05) is 36.4 Å². The predicted octanol–water partition coefficient (Wildman–Crippen LogP) is 3.12. The third-order valence-corrected chi connectivity index (χ3v) is 7.05. The van der Waals surface area contributed by atoms with Gasteiger partial charge >= 0.3 is 0 Å². The average molecular weight is 516 g/mol. The largest absolute Gasteiger partial charge is 0.497 e. The van der Waals surface area contributed by atoms with Crippen molar-refractivity contribution in [1.29, 1.82) is 0 Å². The van der Waals surface area contributed by atoms with Gasteiger partial charge < -0.3 is 24.2 Å². The summed E-state index contributed by atoms with van der Waals surface area (Å²) in [5.74, 6) is 1.14. The van der Waals surface area contributed by atoms with Crippen molar-refractivity contribution < 1.29 is 19.1 Å². The van der Waals surface area contributed by atoms with Crippen molar-refractivity contribution in [3.05, 3.63) is 72.3 Å². The lowest BCUT2D eigenvalue weighted by atomic mass is 10.1. The fourth-order valence-corrected chi connectivity index (χ4v) is 4.90. The van der Waals surface area contributed by atoms with Crippen molar-refractivity contribution in [3.63, 3.8) is 0 Å². The first-order chi connectivity index (χ1) is 18.6. The van der Waals surface area contributed by atoms with Crippen LogP contribution in [0.15, 0.2) is 66.7 Å². The minimum atomic E-state index is -0.194. The molecule has 38 heavy (non-hydrogen) atoms. The van der Waals surface area contributed by atoms with Gasteiger partial charge in [0.15, 0.2) is 5.82 Å². The zero-order valence-corrected chi connectivity index (χ0v) is 21.7. The van der Waals surface area contributed by atoms with Crippen LogP contribution in [0, 0.1) is 0 Å². The summed E-state index contributed by atoms with van der Waals surface area (Å²) in [6, 6.07) is 20.9. The van der Waals surface area contributed by atoms with E-state index in [0.717, 1.165) is 29.9 Å². The van der Waals surface area contributed by atoms with E-state index in [4.69, 9.17) is 9.47 Å². The second-order valence-corrected chi connectivity index (χ2v) is 9.56. The Hall–Kier alpha value is -3.98. The monoisotopic (exact) mass is 515 g/mol. The number of carbonyl (C=O) groups excluding carboxylic acids is 2. The molecule has 2 aliphatic rings. The molecule has 0 bridgehead atoms. The van der Waals surface area contributed by atoms with E-state index in [9.17, 15) is 9.59 Å². The number of benzene rings is 2. The average Bonchev–Trinajstić information content (AvgIpc) is 3.50. The van der Waals surface area contributed by atoms with E-state index in [0.29, 0.717) is 50.6 Å². The van der Waals surface area contributed by atoms with Crippen molar-refractivity contribution in [3.8, 4) is 17.0 Å². The number of piperazine rings is 1. The molecule has 1 aromatic heterocycles. The summed E-state index contributed by atoms with van der Waals surface area (Å²) >= 11 is 0. The lowest BCUT2D eigenvalue weighted by molar-refractivity contribution is -0.132. The lowest BCUT2D eigenvalue weighted by Crippen LogP contribution is -2.52. The van der Waals surface area contributed by atoms with Gasteiger partial charge in [0.05, 0.1) is 18.9 Å². The Morgan fingerprint density at radius 2 is 1.82 bits per heavy atom. The van der Waals surface area contributed by atoms with Crippen LogP contribution in [0.5, 0.6) is 5.75 Å². The van der Waals surface area contributed by atoms with E-state index < -0.39 is 0 Å². The molecule has 2 amide bonds. The molecule has 0 unspecified atom stereocenters. The minimum Gasteiger partial charge on any atom is -0.497 e. The van der Waals surface area contributed by atoms with Crippen molar-refractivity contribution >= 4 is 17.6 Å². The van der Waals surface area contributed by atoms with Crippen LogP contribution >= 0.6 is 0 Å². The number of carbonyl (C=O) groups is 2. The topological polar surface area (TPSA) is 88.1 Å². The van der Waals surface area contributed by atoms with Gasteiger partial charge in [0.1, 0.15) is 12.3 Å². The van der Waals surface area contributed by atoms with Gasteiger partial charge in [-0.15, -0.1) is 10.2 Å². The molecule has 0 radical (unpaired) electrons. The highest BCUT2D eigenvalue weighted by atomic mass is 16.5. The molecule has 5 rings (SSSR count). The molecule has 0 spiro atoms. The van der Waals surface area contributed by atoms with E-state index >= 15 is 0 Å². The zero-order valence-electron chi connectivity index (χ0n) is 21.7. The normalized spacial score (nSPS) is 17.3. The van der Waals surface area contributed by atoms with Gasteiger partial charge in [-0.05, 0) is 43.2 Å². The maximum Gasteiger partial charge on any atom is 0.254 e. The summed E-state index contributed by atoms with van der Waals surface area (Å²) < 4.78 is 11.1. The minimum absolute atomic E-state index is 0.0154. The van der Waals surface area contributed by atoms with Crippen LogP contribution in [0.3, 0.4) is 0 Å². The molecule has 0 N–H and O–H groups in total. The first-order valence-corrected chi connectivity index (χ1v) is 13.1. The highest BCUT2D eigenvalue weighted by Crippen LogP contribution is 2.21. The van der Waals surface area contributed by atoms with Crippen LogP contribution in [-0.4, -0.2) is 90.9 Å². The van der Waals surface area contributed by atoms with Gasteiger partial charge in [-0.2, -0.15) is 0 Å². The van der Waals surface area contributed by atoms with Crippen LogP contribution in [0.1, 0.15) is 23.2 Å². The number of methoxy groups -OCH3 is 1. The van der Waals surface area contributed by atoms with E-state index in [1.165, 1.54) is 0 Å². The standard InChI is InChI=1S/C29H33N5O4/c1-37-24-10-5-9-23(19-24)29(36)34(20-25-11-6-18-38-25)21-28(35)33-16-14-32(15-17-33)27-13-12-26(30-31-27)22-7-3-2-4-8-22/h2-5,7-10,12-13,19,25H,6,11,14-18,20-21H2,1H3/t25-/m1/s1. The number of nitrogens with zero attached hydrogens (tertiary/aromatic N) is 5. The van der Waals surface area contributed by atoms with Crippen LogP contribution in [0.2, 0.25) is 0 Å². The fourth-order valence-electron chi connectivity index (χ4n) is 4.90. The second-order valence-electron chi connectivity index (χ2n) is 9.56. The smallest absolute Gasteiger partial charge is 0.254 e. The van der Waals surface area contributed by atoms with Crippen molar-refractivity contribution in [2.75, 3.05) is 57.9 Å². The third kappa shape index (κ3) is 6.11. The highest BCUT2D eigenvalue weighted by molar-refractivity contribution is 5.97. The summed E-state index contributed by atoms with van der Waals surface area (Å²) in [5.41, 5.74) is 2.35. The Bertz CT molecular complexity index is 1220. The van der Waals surface area contributed by atoms with Crippen LogP contribution in [0.4, 0.5) is 5.82 Å². The molecule has 3 heterocycles. The summed E-state index contributed by atoms with van der Waals surface area (Å²) in [7, 11) is 1.57. The Balaban J connectivity index is 1.20. The number of hydrogen-bond acceptors (Lipinski definition) is 7. The van der Waals surface area contributed by atoms with E-state index in [1.807, 2.05) is 47.4 Å². The Morgan fingerprint density at radius 3 is 2.50 bits per heavy atom. The molecule has 9 nitrogen and oxygen atoms in total. The number of hydrogen-bond donors (Lipinski definition) is 0. The molecule has 2 aromatic carbocycles. The van der Waals surface area contributed by atoms with E-state index in [1.54, 1.807) is 36.3 Å². The number of ether oxygens (including phenoxy) is 2. The number of rotatable bonds is 8. The fraction of sp³-hybridized carbons (Fsp3) is 0.379. The SMILES string of the molecule is COc1cccc(C(=O)N(CC(=O)N2CCN(c3ccc(-c4ccccc4)nn3)CC2)C[C@H]2CCCO2)c1. The summed E-state index contributed by atoms with van der Waals surface area (Å²) in [5, 5.41) is 8.81. The van der Waals surface area contributed by atoms with Gasteiger partial charge in [0.25, 0.3) is 5.91 Å². The molecule has 1 atom stereocenters. The molecular formula is C29H33N5O4. The Kier molecular flexibility index (Phi) is 8.13. The zero-order chi connectivity index (χ0) is 26.3. The molecule has 0 saturated carbocycles. The third-order valence-electron chi connectivity index (χ3n) is 7.05. The van der Waals surface area contributed by atoms with Crippen LogP contribution in [0.25, 0.3) is 11.3 Å². The van der Waals surface area contributed by atoms with Crippen molar-refractivity contribution in [2.45, 2.75) is 18.9 Å². The highest BCUT2D eigenvalue weighted by Gasteiger charge is 2.29. The molecule has 3 aromatic rings. The van der Waals surface area contributed by atoms with Gasteiger partial charge in [-0.25, -0.2) is 0 Å². The number of aromatic nitrogens is 2. The molecule has 0 aliphatic carbocycles. The van der Waals surface area contributed by atoms with E-state index in [2.05, 4.69) is 15.1 Å². The second kappa shape index (κ2) is 12.0. The van der Waals surface area contributed by atoms with Crippen molar-refractivity contribution in [1.82, 2.24) is 20.0 Å². The maximum atomic E-state index is 13.4. The first-order valence-electron chi connectivity index (χ1n) is 13.1. The number of amides is 2. The van der Waals surface area contributed by atoms with Crippen molar-refractivity contribution in [2.24, 2.45) is 0 Å². The van der Waals surface area contributed by atoms with Crippen LogP contribution in [-0.2, 0) is 9.53 Å². The van der Waals surface area contributed by atoms with Gasteiger partial charge in [-0.3, -0.25) is 9.59 Å². The van der Waals surface area contributed by atoms with Gasteiger partial charge in [0, 0.05) is 50.5 Å². The Morgan fingerprint density at radius 1 is 1.00 bits per heavy atom. The summed E-state index contributed by atoms with van der Waals surface area (Å²) in [4.78, 5) is 32.3. The molecule has 2 fully saturated rings. The van der Waals surface area contributed by atoms with Crippen LogP contribution < -0.4 is 9.64 Å². The lowest BCUT2D eigenvalue weighted by Gasteiger charge is -2.36. The van der Waals surface area contributed by atoms with E-state index in [-0.39, 0.29) is 24.5 Å². The molecule has 198 valence electrons. The number of anilines is 1. The summed E-state index contributed by atoms with van der Waals surface area (Å²) in [6.45, 7) is 3.52. The quantitative estimate of drug-likeness (QED) is 0.456. The molecule has 2 saturated heterocycles. The maximum absolute atomic E-state index is 13.4. The molecule has 2 aliphatic heterocycles. The molecule has 9 heteroatoms. The van der Waals surface area contributed by atoms with Gasteiger partial charge in [0.2, 0.25) is 5.91 Å². The molecular weight excluding hydrogens is 482 g/mol. The summed E-state index contributed by atoms with van der Waals surface area (Å²) in [6.07, 6.45) is 1.81.